The first-order chi connectivity index (χ1) is 11.0. The van der Waals surface area contributed by atoms with Crippen molar-refractivity contribution >= 4 is 17.8 Å². The van der Waals surface area contributed by atoms with Crippen LogP contribution in [0.1, 0.15) is 15.9 Å². The summed E-state index contributed by atoms with van der Waals surface area (Å²) in [7, 11) is 1.23. The molecule has 0 unspecified atom stereocenters. The minimum absolute atomic E-state index is 0.0777. The van der Waals surface area contributed by atoms with Crippen LogP contribution in [0.4, 0.5) is 5.69 Å². The molecule has 9 nitrogen and oxygen atoms in total. The zero-order chi connectivity index (χ0) is 16.8. The summed E-state index contributed by atoms with van der Waals surface area (Å²) in [6, 6.07) is 5.04. The number of nitrogens with one attached hydrogen (secondary N) is 1. The van der Waals surface area contributed by atoms with Crippen LogP contribution in [0.2, 0.25) is 0 Å². The van der Waals surface area contributed by atoms with Crippen LogP contribution >= 0.6 is 0 Å². The van der Waals surface area contributed by atoms with Crippen LogP contribution in [0.15, 0.2) is 41.8 Å². The molecule has 0 aliphatic heterocycles. The molecule has 23 heavy (non-hydrogen) atoms. The van der Waals surface area contributed by atoms with Crippen LogP contribution < -0.4 is 15.3 Å². The number of aromatic nitrogens is 1. The molecule has 9 heteroatoms. The van der Waals surface area contributed by atoms with Crippen molar-refractivity contribution in [2.45, 2.75) is 0 Å². The largest absolute Gasteiger partial charge is 0.870 e. The second-order valence-electron chi connectivity index (χ2n) is 4.26. The number of methoxy groups -OCH3 is 1. The van der Waals surface area contributed by atoms with Gasteiger partial charge in [-0.15, -0.1) is 0 Å². The van der Waals surface area contributed by atoms with Crippen molar-refractivity contribution in [3.8, 4) is 11.5 Å². The van der Waals surface area contributed by atoms with Gasteiger partial charge in [0, 0.05) is 24.0 Å². The van der Waals surface area contributed by atoms with Gasteiger partial charge in [-0.1, -0.05) is 5.75 Å². The van der Waals surface area contributed by atoms with E-state index in [1.54, 1.807) is 0 Å². The number of non-ortho nitro benzene ring substituents is 1. The van der Waals surface area contributed by atoms with Crippen molar-refractivity contribution in [1.29, 1.82) is 0 Å². The topological polar surface area (TPSA) is 130 Å². The molecule has 2 aromatic rings. The van der Waals surface area contributed by atoms with Crippen molar-refractivity contribution in [3.63, 3.8) is 0 Å². The maximum Gasteiger partial charge on any atom is 0.273 e. The van der Waals surface area contributed by atoms with E-state index in [9.17, 15) is 20.0 Å². The first kappa shape index (κ1) is 15.9. The van der Waals surface area contributed by atoms with Crippen LogP contribution in [0.5, 0.6) is 11.5 Å². The average molecular weight is 315 g/mol. The highest BCUT2D eigenvalue weighted by Gasteiger charge is 2.11. The van der Waals surface area contributed by atoms with Gasteiger partial charge in [-0.3, -0.25) is 19.9 Å². The minimum atomic E-state index is -0.658. The first-order valence-corrected chi connectivity index (χ1v) is 6.29. The van der Waals surface area contributed by atoms with Gasteiger partial charge in [-0.2, -0.15) is 5.10 Å². The van der Waals surface area contributed by atoms with E-state index >= 15 is 0 Å². The van der Waals surface area contributed by atoms with Gasteiger partial charge >= 0.3 is 0 Å². The van der Waals surface area contributed by atoms with Gasteiger partial charge in [0.05, 0.1) is 24.3 Å². The lowest BCUT2D eigenvalue weighted by atomic mass is 10.2. The average Bonchev–Trinajstić information content (AvgIpc) is 2.56. The molecular weight excluding hydrogens is 304 g/mol. The summed E-state index contributed by atoms with van der Waals surface area (Å²) in [5.74, 6) is -1.25. The molecule has 1 aromatic heterocycles. The Bertz CT molecular complexity index is 761. The van der Waals surface area contributed by atoms with Crippen LogP contribution in [0, 0.1) is 10.1 Å². The number of hydrogen-bond acceptors (Lipinski definition) is 7. The van der Waals surface area contributed by atoms with Gasteiger partial charge in [0.15, 0.2) is 0 Å². The summed E-state index contributed by atoms with van der Waals surface area (Å²) in [4.78, 5) is 25.7. The van der Waals surface area contributed by atoms with E-state index in [1.807, 2.05) is 0 Å². The highest BCUT2D eigenvalue weighted by Crippen LogP contribution is 2.31. The zero-order valence-corrected chi connectivity index (χ0v) is 11.9. The molecule has 0 bridgehead atoms. The van der Waals surface area contributed by atoms with Crippen molar-refractivity contribution in [3.05, 3.63) is 57.9 Å². The molecule has 0 atom stereocenters. The monoisotopic (exact) mass is 315 g/mol. The summed E-state index contributed by atoms with van der Waals surface area (Å²) in [5, 5.41) is 26.4. The Morgan fingerprint density at radius 2 is 2.09 bits per heavy atom. The fourth-order valence-electron chi connectivity index (χ4n) is 1.69. The van der Waals surface area contributed by atoms with Crippen LogP contribution in [-0.2, 0) is 0 Å². The van der Waals surface area contributed by atoms with Crippen LogP contribution in [0.3, 0.4) is 0 Å². The molecule has 1 heterocycles. The quantitative estimate of drug-likeness (QED) is 0.494. The number of nitro benzene ring substituents is 1. The smallest absolute Gasteiger partial charge is 0.273 e. The number of nitrogens with zero attached hydrogens (tertiary/aromatic N) is 3. The second-order valence-corrected chi connectivity index (χ2v) is 4.26. The molecule has 0 saturated heterocycles. The van der Waals surface area contributed by atoms with E-state index in [0.29, 0.717) is 5.56 Å². The Morgan fingerprint density at radius 1 is 1.39 bits per heavy atom. The van der Waals surface area contributed by atoms with Crippen molar-refractivity contribution in [2.24, 2.45) is 5.10 Å². The number of amides is 1. The number of nitro groups is 1. The third-order valence-electron chi connectivity index (χ3n) is 2.81. The molecule has 2 rings (SSSR count). The molecule has 1 N–H and O–H groups in total. The lowest BCUT2D eigenvalue weighted by Gasteiger charge is -2.14. The van der Waals surface area contributed by atoms with E-state index in [0.717, 1.165) is 18.3 Å². The van der Waals surface area contributed by atoms with Crippen molar-refractivity contribution in [2.75, 3.05) is 7.11 Å². The van der Waals surface area contributed by atoms with E-state index in [1.165, 1.54) is 31.6 Å². The summed E-state index contributed by atoms with van der Waals surface area (Å²) >= 11 is 0. The minimum Gasteiger partial charge on any atom is -0.870 e. The van der Waals surface area contributed by atoms with E-state index in [2.05, 4.69) is 15.5 Å². The molecule has 0 radical (unpaired) electrons. The Labute approximate surface area is 130 Å². The SMILES string of the molecule is COc1cc([N+](=O)[O-])cc(/C=N\NC(=O)c2ccncc2)c1[O-]. The number of carbonyl (C=O) groups excluding carboxylic acids is 1. The number of carbonyl (C=O) groups is 1. The number of hydrazone groups is 1. The Hall–Kier alpha value is -3.49. The predicted molar refractivity (Wildman–Crippen MR) is 78.4 cm³/mol. The van der Waals surface area contributed by atoms with Crippen molar-refractivity contribution in [1.82, 2.24) is 10.4 Å². The molecule has 0 aliphatic carbocycles. The Kier molecular flexibility index (Phi) is 4.82. The number of rotatable bonds is 5. The van der Waals surface area contributed by atoms with E-state index < -0.39 is 16.6 Å². The maximum atomic E-state index is 12.0. The first-order valence-electron chi connectivity index (χ1n) is 6.29. The van der Waals surface area contributed by atoms with Crippen molar-refractivity contribution < 1.29 is 19.6 Å². The van der Waals surface area contributed by atoms with E-state index in [-0.39, 0.29) is 17.0 Å². The van der Waals surface area contributed by atoms with Crippen LogP contribution in [0.25, 0.3) is 0 Å². The van der Waals surface area contributed by atoms with Gasteiger partial charge in [0.25, 0.3) is 11.6 Å². The maximum absolute atomic E-state index is 12.0. The lowest BCUT2D eigenvalue weighted by Crippen LogP contribution is -2.17. The Balaban J connectivity index is 2.20. The fourth-order valence-corrected chi connectivity index (χ4v) is 1.69. The molecule has 0 spiro atoms. The normalized spacial score (nSPS) is 10.5. The Morgan fingerprint density at radius 3 is 2.70 bits per heavy atom. The highest BCUT2D eigenvalue weighted by atomic mass is 16.6. The third-order valence-corrected chi connectivity index (χ3v) is 2.81. The molecule has 1 amide bonds. The van der Waals surface area contributed by atoms with Gasteiger partial charge in [0.2, 0.25) is 0 Å². The summed E-state index contributed by atoms with van der Waals surface area (Å²) in [6.07, 6.45) is 3.91. The van der Waals surface area contributed by atoms with Gasteiger partial charge in [0.1, 0.15) is 5.75 Å². The summed E-state index contributed by atoms with van der Waals surface area (Å²) in [6.45, 7) is 0. The van der Waals surface area contributed by atoms with Crippen LogP contribution in [-0.4, -0.2) is 29.1 Å². The standard InChI is InChI=1S/C14H12N4O5/c1-23-12-7-11(18(21)22)6-10(13(12)19)8-16-17-14(20)9-2-4-15-5-3-9/h2-8,19H,1H3,(H,17,20)/p-1/b16-8-. The van der Waals surface area contributed by atoms with Gasteiger partial charge < -0.3 is 9.84 Å². The molecule has 1 aromatic carbocycles. The number of ether oxygens (including phenoxy) is 1. The predicted octanol–water partition coefficient (Wildman–Crippen LogP) is 0.836. The fraction of sp³-hybridized carbons (Fsp3) is 0.0714. The van der Waals surface area contributed by atoms with Gasteiger partial charge in [-0.25, -0.2) is 5.43 Å². The number of benzene rings is 1. The number of pyridine rings is 1. The summed E-state index contributed by atoms with van der Waals surface area (Å²) < 4.78 is 4.80. The number of hydrogen-bond donors (Lipinski definition) is 1. The molecule has 0 aliphatic rings. The molecular formula is C14H11N4O5-. The summed E-state index contributed by atoms with van der Waals surface area (Å²) in [5.41, 5.74) is 2.15. The molecule has 0 saturated carbocycles. The molecule has 0 fully saturated rings. The molecule has 118 valence electrons. The van der Waals surface area contributed by atoms with Gasteiger partial charge in [-0.05, 0) is 17.7 Å². The second kappa shape index (κ2) is 6.98. The lowest BCUT2D eigenvalue weighted by molar-refractivity contribution is -0.385. The highest BCUT2D eigenvalue weighted by molar-refractivity contribution is 5.95. The van der Waals surface area contributed by atoms with E-state index in [4.69, 9.17) is 4.74 Å². The third kappa shape index (κ3) is 3.79. The zero-order valence-electron chi connectivity index (χ0n) is 11.9.